The van der Waals surface area contributed by atoms with Crippen LogP contribution < -0.4 is 14.8 Å². The van der Waals surface area contributed by atoms with E-state index in [0.29, 0.717) is 5.56 Å². The molecule has 1 N–H and O–H groups in total. The number of benzene rings is 1. The van der Waals surface area contributed by atoms with Gasteiger partial charge in [0.2, 0.25) is 0 Å². The summed E-state index contributed by atoms with van der Waals surface area (Å²) in [7, 11) is 1.32. The van der Waals surface area contributed by atoms with Crippen LogP contribution in [0.2, 0.25) is 0 Å². The molecule has 7 heteroatoms. The van der Waals surface area contributed by atoms with Crippen LogP contribution in [0.15, 0.2) is 35.7 Å². The Hall–Kier alpha value is -2.15. The number of carbonyl (C=O) groups is 1. The summed E-state index contributed by atoms with van der Waals surface area (Å²) in [6.45, 7) is -1.08. The number of rotatable bonds is 6. The molecule has 1 amide bonds. The summed E-state index contributed by atoms with van der Waals surface area (Å²) in [5.41, 5.74) is 0.307. The second-order valence-electron chi connectivity index (χ2n) is 4.45. The predicted octanol–water partition coefficient (Wildman–Crippen LogP) is 3.85. The third-order valence-corrected chi connectivity index (χ3v) is 4.01. The second-order valence-corrected chi connectivity index (χ2v) is 5.43. The summed E-state index contributed by atoms with van der Waals surface area (Å²) >= 11 is 1.54. The molecule has 22 heavy (non-hydrogen) atoms. The Bertz CT molecular complexity index is 632. The molecule has 0 unspecified atom stereocenters. The number of alkyl halides is 2. The van der Waals surface area contributed by atoms with Gasteiger partial charge in [-0.1, -0.05) is 6.07 Å². The van der Waals surface area contributed by atoms with Gasteiger partial charge in [0.05, 0.1) is 13.2 Å². The maximum atomic E-state index is 12.3. The Morgan fingerprint density at radius 2 is 2.05 bits per heavy atom. The molecule has 0 spiro atoms. The third kappa shape index (κ3) is 3.94. The molecule has 1 atom stereocenters. The molecule has 1 aromatic heterocycles. The van der Waals surface area contributed by atoms with Crippen LogP contribution in [0.5, 0.6) is 11.5 Å². The van der Waals surface area contributed by atoms with Gasteiger partial charge in [-0.3, -0.25) is 4.79 Å². The molecule has 118 valence electrons. The van der Waals surface area contributed by atoms with Gasteiger partial charge in [0.15, 0.2) is 11.5 Å². The maximum Gasteiger partial charge on any atom is 0.387 e. The minimum atomic E-state index is -2.95. The summed E-state index contributed by atoms with van der Waals surface area (Å²) in [6.07, 6.45) is 0. The molecule has 1 heterocycles. The molecular formula is C15H15F2NO3S. The van der Waals surface area contributed by atoms with E-state index in [-0.39, 0.29) is 23.4 Å². The Kier molecular flexibility index (Phi) is 5.32. The number of nitrogens with one attached hydrogen (secondary N) is 1. The van der Waals surface area contributed by atoms with E-state index < -0.39 is 6.61 Å². The quantitative estimate of drug-likeness (QED) is 0.877. The van der Waals surface area contributed by atoms with Crippen LogP contribution in [0.4, 0.5) is 8.78 Å². The number of hydrogen-bond acceptors (Lipinski definition) is 4. The zero-order valence-corrected chi connectivity index (χ0v) is 12.8. The van der Waals surface area contributed by atoms with Crippen molar-refractivity contribution in [3.63, 3.8) is 0 Å². The molecule has 4 nitrogen and oxygen atoms in total. The fraction of sp³-hybridized carbons (Fsp3) is 0.267. The maximum absolute atomic E-state index is 12.3. The van der Waals surface area contributed by atoms with E-state index in [1.54, 1.807) is 11.3 Å². The van der Waals surface area contributed by atoms with Gasteiger partial charge in [-0.2, -0.15) is 8.78 Å². The molecule has 1 aromatic carbocycles. The lowest BCUT2D eigenvalue weighted by Gasteiger charge is -2.14. The standard InChI is InChI=1S/C15H15F2NO3S/c1-9(13-4-3-7-22-13)18-14(19)10-5-6-11(21-15(16)17)12(8-10)20-2/h3-9,15H,1-2H3,(H,18,19)/t9-/m0/s1. The normalized spacial score (nSPS) is 12.0. The van der Waals surface area contributed by atoms with Gasteiger partial charge in [-0.15, -0.1) is 11.3 Å². The molecule has 0 saturated heterocycles. The molecule has 0 aliphatic carbocycles. The van der Waals surface area contributed by atoms with E-state index in [4.69, 9.17) is 4.74 Å². The average molecular weight is 327 g/mol. The topological polar surface area (TPSA) is 47.6 Å². The first-order valence-corrected chi connectivity index (χ1v) is 7.36. The van der Waals surface area contributed by atoms with Gasteiger partial charge < -0.3 is 14.8 Å². The van der Waals surface area contributed by atoms with E-state index in [1.807, 2.05) is 24.4 Å². The van der Waals surface area contributed by atoms with Crippen molar-refractivity contribution in [2.24, 2.45) is 0 Å². The van der Waals surface area contributed by atoms with Gasteiger partial charge in [0.1, 0.15) is 0 Å². The van der Waals surface area contributed by atoms with E-state index in [2.05, 4.69) is 10.1 Å². The van der Waals surface area contributed by atoms with Crippen LogP contribution in [-0.4, -0.2) is 19.6 Å². The van der Waals surface area contributed by atoms with Crippen LogP contribution in [-0.2, 0) is 0 Å². The van der Waals surface area contributed by atoms with E-state index >= 15 is 0 Å². The number of hydrogen-bond donors (Lipinski definition) is 1. The Labute approximate surface area is 130 Å². The summed E-state index contributed by atoms with van der Waals surface area (Å²) < 4.78 is 33.8. The smallest absolute Gasteiger partial charge is 0.387 e. The molecule has 0 fully saturated rings. The van der Waals surface area contributed by atoms with Crippen LogP contribution in [0.3, 0.4) is 0 Å². The van der Waals surface area contributed by atoms with Crippen LogP contribution in [0.25, 0.3) is 0 Å². The van der Waals surface area contributed by atoms with Crippen molar-refractivity contribution in [1.82, 2.24) is 5.32 Å². The van der Waals surface area contributed by atoms with Gasteiger partial charge >= 0.3 is 6.61 Å². The molecule has 0 saturated carbocycles. The van der Waals surface area contributed by atoms with Crippen molar-refractivity contribution in [3.8, 4) is 11.5 Å². The monoisotopic (exact) mass is 327 g/mol. The summed E-state index contributed by atoms with van der Waals surface area (Å²) in [6, 6.07) is 7.76. The van der Waals surface area contributed by atoms with Gasteiger partial charge in [-0.25, -0.2) is 0 Å². The fourth-order valence-corrected chi connectivity index (χ4v) is 2.63. The SMILES string of the molecule is COc1cc(C(=O)N[C@@H](C)c2cccs2)ccc1OC(F)F. The molecule has 0 radical (unpaired) electrons. The lowest BCUT2D eigenvalue weighted by molar-refractivity contribution is -0.0512. The minimum Gasteiger partial charge on any atom is -0.493 e. The largest absolute Gasteiger partial charge is 0.493 e. The Morgan fingerprint density at radius 3 is 2.64 bits per heavy atom. The number of ether oxygens (including phenoxy) is 2. The highest BCUT2D eigenvalue weighted by atomic mass is 32.1. The van der Waals surface area contributed by atoms with E-state index in [1.165, 1.54) is 25.3 Å². The van der Waals surface area contributed by atoms with Crippen molar-refractivity contribution in [2.75, 3.05) is 7.11 Å². The third-order valence-electron chi connectivity index (χ3n) is 2.96. The summed E-state index contributed by atoms with van der Waals surface area (Å²) in [4.78, 5) is 13.2. The second kappa shape index (κ2) is 7.22. The number of halogens is 2. The zero-order valence-electron chi connectivity index (χ0n) is 12.0. The number of thiophene rings is 1. The minimum absolute atomic E-state index is 0.0803. The molecule has 0 aliphatic rings. The zero-order chi connectivity index (χ0) is 16.1. The van der Waals surface area contributed by atoms with E-state index in [0.717, 1.165) is 4.88 Å². The summed E-state index contributed by atoms with van der Waals surface area (Å²) in [5, 5.41) is 4.77. The molecule has 2 rings (SSSR count). The molecule has 0 aliphatic heterocycles. The van der Waals surface area contributed by atoms with Crippen LogP contribution in [0.1, 0.15) is 28.2 Å². The Morgan fingerprint density at radius 1 is 1.27 bits per heavy atom. The van der Waals surface area contributed by atoms with Gasteiger partial charge in [0.25, 0.3) is 5.91 Å². The Balaban J connectivity index is 2.12. The van der Waals surface area contributed by atoms with Crippen molar-refractivity contribution in [2.45, 2.75) is 19.6 Å². The first kappa shape index (κ1) is 16.2. The highest BCUT2D eigenvalue weighted by Crippen LogP contribution is 2.29. The fourth-order valence-electron chi connectivity index (χ4n) is 1.89. The van der Waals surface area contributed by atoms with Crippen LogP contribution >= 0.6 is 11.3 Å². The predicted molar refractivity (Wildman–Crippen MR) is 79.8 cm³/mol. The van der Waals surface area contributed by atoms with Crippen LogP contribution in [0, 0.1) is 0 Å². The first-order chi connectivity index (χ1) is 10.5. The highest BCUT2D eigenvalue weighted by molar-refractivity contribution is 7.10. The highest BCUT2D eigenvalue weighted by Gasteiger charge is 2.16. The van der Waals surface area contributed by atoms with E-state index in [9.17, 15) is 13.6 Å². The first-order valence-electron chi connectivity index (χ1n) is 6.48. The van der Waals surface area contributed by atoms with Gasteiger partial charge in [0, 0.05) is 10.4 Å². The van der Waals surface area contributed by atoms with Crippen molar-refractivity contribution < 1.29 is 23.0 Å². The number of amides is 1. The average Bonchev–Trinajstić information content (AvgIpc) is 3.01. The van der Waals surface area contributed by atoms with Gasteiger partial charge in [-0.05, 0) is 36.6 Å². The number of carbonyl (C=O) groups excluding carboxylic acids is 1. The summed E-state index contributed by atoms with van der Waals surface area (Å²) in [5.74, 6) is -0.347. The molecule has 2 aromatic rings. The number of methoxy groups -OCH3 is 1. The molecular weight excluding hydrogens is 312 g/mol. The molecule has 0 bridgehead atoms. The van der Waals surface area contributed by atoms with Crippen molar-refractivity contribution in [3.05, 3.63) is 46.2 Å². The lowest BCUT2D eigenvalue weighted by atomic mass is 10.1. The lowest BCUT2D eigenvalue weighted by Crippen LogP contribution is -2.26. The van der Waals surface area contributed by atoms with Crippen molar-refractivity contribution >= 4 is 17.2 Å². The van der Waals surface area contributed by atoms with Crippen molar-refractivity contribution in [1.29, 1.82) is 0 Å².